The smallest absolute Gasteiger partial charge is 0.202 e. The fourth-order valence-electron chi connectivity index (χ4n) is 1.66. The van der Waals surface area contributed by atoms with Crippen molar-refractivity contribution in [1.29, 1.82) is 0 Å². The Hall–Kier alpha value is -1.34. The van der Waals surface area contributed by atoms with E-state index in [4.69, 9.17) is 0 Å². The van der Waals surface area contributed by atoms with Crippen LogP contribution in [0.15, 0.2) is 12.1 Å². The van der Waals surface area contributed by atoms with Crippen molar-refractivity contribution in [1.82, 2.24) is 0 Å². The molecule has 1 aromatic rings. The molecule has 0 radical (unpaired) electrons. The van der Waals surface area contributed by atoms with E-state index in [1.165, 1.54) is 0 Å². The van der Waals surface area contributed by atoms with Gasteiger partial charge in [0.15, 0.2) is 0 Å². The Morgan fingerprint density at radius 2 is 1.16 bits per heavy atom. The maximum absolute atomic E-state index is 13.1. The van der Waals surface area contributed by atoms with Gasteiger partial charge in [0.1, 0.15) is 0 Å². The molecule has 1 rings (SSSR count). The summed E-state index contributed by atoms with van der Waals surface area (Å²) in [5.74, 6) is -4.03. The van der Waals surface area contributed by atoms with E-state index in [9.17, 15) is 35.1 Å². The van der Waals surface area contributed by atoms with Gasteiger partial charge in [-0.15, -0.1) is 0 Å². The Kier molecular flexibility index (Phi) is 3.60. The number of aryl methyl sites for hydroxylation is 1. The first kappa shape index (κ1) is 15.7. The number of benzene rings is 1. The van der Waals surface area contributed by atoms with E-state index in [2.05, 4.69) is 0 Å². The van der Waals surface area contributed by atoms with Crippen molar-refractivity contribution in [2.75, 3.05) is 0 Å². The van der Waals surface area contributed by atoms with Gasteiger partial charge in [0.25, 0.3) is 5.92 Å². The van der Waals surface area contributed by atoms with Crippen LogP contribution in [0.5, 0.6) is 0 Å². The topological polar surface area (TPSA) is 0 Å². The van der Waals surface area contributed by atoms with E-state index in [0.717, 1.165) is 6.92 Å². The molecule has 0 fully saturated rings. The third-order valence-electron chi connectivity index (χ3n) is 2.34. The molecule has 0 saturated heterocycles. The van der Waals surface area contributed by atoms with Crippen LogP contribution in [0.3, 0.4) is 0 Å². The lowest BCUT2D eigenvalue weighted by Crippen LogP contribution is -2.23. The molecular weight excluding hydrogens is 284 g/mol. The second kappa shape index (κ2) is 4.35. The second-order valence-electron chi connectivity index (χ2n) is 4.12. The molecule has 8 heteroatoms. The van der Waals surface area contributed by atoms with Crippen molar-refractivity contribution in [3.63, 3.8) is 0 Å². The zero-order valence-electron chi connectivity index (χ0n) is 9.68. The van der Waals surface area contributed by atoms with Crippen LogP contribution in [0.4, 0.5) is 35.1 Å². The molecule has 0 bridgehead atoms. The molecule has 0 aliphatic carbocycles. The highest BCUT2D eigenvalue weighted by molar-refractivity contribution is 5.44. The molecule has 0 heterocycles. The van der Waals surface area contributed by atoms with E-state index in [0.29, 0.717) is 6.07 Å². The zero-order valence-corrected chi connectivity index (χ0v) is 9.68. The van der Waals surface area contributed by atoms with E-state index < -0.39 is 35.0 Å². The van der Waals surface area contributed by atoms with E-state index >= 15 is 0 Å². The first-order valence-corrected chi connectivity index (χ1v) is 4.92. The molecular formula is C11H8F8. The summed E-state index contributed by atoms with van der Waals surface area (Å²) in [6.07, 6.45) is -10.9. The van der Waals surface area contributed by atoms with Crippen LogP contribution in [0.2, 0.25) is 0 Å². The minimum absolute atomic E-state index is 0.122. The number of alkyl halides is 8. The van der Waals surface area contributed by atoms with Gasteiger partial charge < -0.3 is 0 Å². The average molecular weight is 292 g/mol. The third kappa shape index (κ3) is 3.36. The summed E-state index contributed by atoms with van der Waals surface area (Å²) in [4.78, 5) is 0. The maximum Gasteiger partial charge on any atom is 0.417 e. The molecule has 0 spiro atoms. The number of hydrogen-bond donors (Lipinski definition) is 0. The van der Waals surface area contributed by atoms with Gasteiger partial charge in [0, 0.05) is 12.5 Å². The molecule has 0 aromatic heterocycles. The van der Waals surface area contributed by atoms with Gasteiger partial charge in [-0.1, -0.05) is 5.56 Å². The first-order chi connectivity index (χ1) is 8.24. The highest BCUT2D eigenvalue weighted by atomic mass is 19.4. The highest BCUT2D eigenvalue weighted by Gasteiger charge is 2.48. The predicted molar refractivity (Wildman–Crippen MR) is 50.8 cm³/mol. The minimum Gasteiger partial charge on any atom is -0.202 e. The third-order valence-corrected chi connectivity index (χ3v) is 2.34. The Bertz CT molecular complexity index is 440. The van der Waals surface area contributed by atoms with Crippen molar-refractivity contribution in [3.8, 4) is 0 Å². The summed E-state index contributed by atoms with van der Waals surface area (Å²) in [5.41, 5.74) is -6.43. The van der Waals surface area contributed by atoms with Gasteiger partial charge in [0.05, 0.1) is 11.1 Å². The maximum atomic E-state index is 13.1. The van der Waals surface area contributed by atoms with E-state index in [1.54, 1.807) is 0 Å². The number of halogens is 8. The van der Waals surface area contributed by atoms with Crippen LogP contribution in [0.1, 0.15) is 29.2 Å². The zero-order chi connectivity index (χ0) is 15.2. The van der Waals surface area contributed by atoms with E-state index in [-0.39, 0.29) is 18.6 Å². The summed E-state index contributed by atoms with van der Waals surface area (Å²) < 4.78 is 102. The van der Waals surface area contributed by atoms with Gasteiger partial charge in [0.2, 0.25) is 0 Å². The molecule has 19 heavy (non-hydrogen) atoms. The van der Waals surface area contributed by atoms with Crippen molar-refractivity contribution >= 4 is 0 Å². The fourth-order valence-corrected chi connectivity index (χ4v) is 1.66. The Morgan fingerprint density at radius 3 is 1.47 bits per heavy atom. The Labute approximate surface area is 103 Å². The quantitative estimate of drug-likeness (QED) is 0.628. The largest absolute Gasteiger partial charge is 0.417 e. The van der Waals surface area contributed by atoms with Gasteiger partial charge in [-0.25, -0.2) is 8.78 Å². The molecule has 0 aliphatic heterocycles. The lowest BCUT2D eigenvalue weighted by molar-refractivity contribution is -0.164. The van der Waals surface area contributed by atoms with Gasteiger partial charge in [-0.3, -0.25) is 0 Å². The molecule has 0 amide bonds. The lowest BCUT2D eigenvalue weighted by Gasteiger charge is -2.23. The van der Waals surface area contributed by atoms with E-state index in [1.807, 2.05) is 0 Å². The van der Waals surface area contributed by atoms with Crippen LogP contribution in [-0.4, -0.2) is 0 Å². The minimum atomic E-state index is -5.52. The van der Waals surface area contributed by atoms with Crippen LogP contribution in [0.25, 0.3) is 0 Å². The van der Waals surface area contributed by atoms with Crippen LogP contribution in [-0.2, 0) is 18.3 Å². The fraction of sp³-hybridized carbons (Fsp3) is 0.455. The standard InChI is InChI=1S/C11H8F8/c1-5-3-6(9(2,12)13)8(11(17,18)19)7(4-5)10(14,15)16/h3-4H,1-2H3. The molecule has 0 N–H and O–H groups in total. The van der Waals surface area contributed by atoms with Crippen molar-refractivity contribution in [2.45, 2.75) is 32.1 Å². The summed E-state index contributed by atoms with van der Waals surface area (Å²) in [6.45, 7) is 1.14. The number of rotatable bonds is 1. The van der Waals surface area contributed by atoms with Crippen LogP contribution < -0.4 is 0 Å². The SMILES string of the molecule is Cc1cc(C(C)(F)F)c(C(F)(F)F)c(C(F)(F)F)c1. The van der Waals surface area contributed by atoms with Crippen molar-refractivity contribution in [2.24, 2.45) is 0 Å². The number of hydrogen-bond acceptors (Lipinski definition) is 0. The summed E-state index contributed by atoms with van der Waals surface area (Å²) >= 11 is 0. The molecule has 0 aliphatic rings. The summed E-state index contributed by atoms with van der Waals surface area (Å²) in [6, 6.07) is 0.621. The van der Waals surface area contributed by atoms with Crippen LogP contribution in [0, 0.1) is 6.92 Å². The molecule has 108 valence electrons. The highest BCUT2D eigenvalue weighted by Crippen LogP contribution is 2.46. The normalized spacial score (nSPS) is 13.8. The lowest BCUT2D eigenvalue weighted by atomic mass is 9.93. The molecule has 0 atom stereocenters. The average Bonchev–Trinajstić information content (AvgIpc) is 2.11. The van der Waals surface area contributed by atoms with Crippen molar-refractivity contribution < 1.29 is 35.1 Å². The second-order valence-corrected chi connectivity index (χ2v) is 4.12. The van der Waals surface area contributed by atoms with Gasteiger partial charge in [-0.2, -0.15) is 26.3 Å². The monoisotopic (exact) mass is 292 g/mol. The first-order valence-electron chi connectivity index (χ1n) is 4.92. The molecule has 1 aromatic carbocycles. The summed E-state index contributed by atoms with van der Waals surface area (Å²) in [7, 11) is 0. The molecule has 0 unspecified atom stereocenters. The molecule has 0 nitrogen and oxygen atoms in total. The summed E-state index contributed by atoms with van der Waals surface area (Å²) in [5, 5.41) is 0. The van der Waals surface area contributed by atoms with Gasteiger partial charge >= 0.3 is 12.4 Å². The van der Waals surface area contributed by atoms with Crippen molar-refractivity contribution in [3.05, 3.63) is 34.4 Å². The Balaban J connectivity index is 3.80. The predicted octanol–water partition coefficient (Wildman–Crippen LogP) is 5.14. The Morgan fingerprint density at radius 1 is 0.737 bits per heavy atom. The van der Waals surface area contributed by atoms with Gasteiger partial charge in [-0.05, 0) is 19.1 Å². The molecule has 0 saturated carbocycles. The van der Waals surface area contributed by atoms with Crippen LogP contribution >= 0.6 is 0 Å².